The number of hydrogen-bond acceptors (Lipinski definition) is 7. The number of rotatable bonds is 5. The number of carbonyl (C=O) groups is 1. The van der Waals surface area contributed by atoms with E-state index in [0.29, 0.717) is 6.42 Å². The van der Waals surface area contributed by atoms with Crippen molar-refractivity contribution < 1.29 is 26.6 Å². The second-order valence-corrected chi connectivity index (χ2v) is 8.15. The van der Waals surface area contributed by atoms with Gasteiger partial charge in [-0.15, -0.1) is 0 Å². The lowest BCUT2D eigenvalue weighted by Crippen LogP contribution is -2.54. The molecular weight excluding hydrogens is 354 g/mol. The van der Waals surface area contributed by atoms with E-state index in [9.17, 15) is 13.2 Å². The fraction of sp³-hybridized carbons (Fsp3) is 0.429. The summed E-state index contributed by atoms with van der Waals surface area (Å²) in [6.07, 6.45) is 6.70. The number of fused-ring (bicyclic) bond motifs is 1. The molecule has 3 aliphatic heterocycles. The summed E-state index contributed by atoms with van der Waals surface area (Å²) in [5.74, 6) is 0. The molecule has 3 aliphatic rings. The Labute approximate surface area is 144 Å². The Hall–Kier alpha value is -1.62. The van der Waals surface area contributed by atoms with E-state index in [0.717, 1.165) is 11.3 Å². The second kappa shape index (κ2) is 6.36. The SMILES string of the molecule is C=CCOC(=O)N1C[C@H](OS(C)(=O)=O)C[C@@H]1[N+]12C=CSC1=CN=C2. The van der Waals surface area contributed by atoms with Gasteiger partial charge in [-0.05, 0) is 11.8 Å². The van der Waals surface area contributed by atoms with Crippen LogP contribution in [0.5, 0.6) is 0 Å². The van der Waals surface area contributed by atoms with Crippen LogP contribution >= 0.6 is 11.8 Å². The predicted molar refractivity (Wildman–Crippen MR) is 89.9 cm³/mol. The molecule has 0 bridgehead atoms. The highest BCUT2D eigenvalue weighted by molar-refractivity contribution is 8.05. The molecule has 24 heavy (non-hydrogen) atoms. The average molecular weight is 372 g/mol. The maximum absolute atomic E-state index is 12.4. The van der Waals surface area contributed by atoms with Crippen molar-refractivity contribution in [3.63, 3.8) is 0 Å². The van der Waals surface area contributed by atoms with Gasteiger partial charge >= 0.3 is 6.09 Å². The van der Waals surface area contributed by atoms with E-state index in [4.69, 9.17) is 8.92 Å². The Morgan fingerprint density at radius 3 is 3.12 bits per heavy atom. The topological polar surface area (TPSA) is 85.3 Å². The number of ether oxygens (including phenoxy) is 1. The zero-order valence-corrected chi connectivity index (χ0v) is 14.7. The summed E-state index contributed by atoms with van der Waals surface area (Å²) < 4.78 is 33.4. The third-order valence-corrected chi connectivity index (χ3v) is 5.46. The van der Waals surface area contributed by atoms with Crippen LogP contribution in [0.3, 0.4) is 0 Å². The monoisotopic (exact) mass is 372 g/mol. The third kappa shape index (κ3) is 3.14. The van der Waals surface area contributed by atoms with Crippen molar-refractivity contribution in [1.29, 1.82) is 0 Å². The number of thioether (sulfide) groups is 1. The lowest BCUT2D eigenvalue weighted by molar-refractivity contribution is -0.769. The Bertz CT molecular complexity index is 746. The molecule has 10 heteroatoms. The fourth-order valence-electron chi connectivity index (χ4n) is 3.03. The van der Waals surface area contributed by atoms with Crippen molar-refractivity contribution in [2.45, 2.75) is 18.7 Å². The van der Waals surface area contributed by atoms with Gasteiger partial charge < -0.3 is 4.74 Å². The number of nitrogens with zero attached hydrogens (tertiary/aromatic N) is 3. The van der Waals surface area contributed by atoms with Gasteiger partial charge in [0.2, 0.25) is 11.4 Å². The number of amides is 1. The summed E-state index contributed by atoms with van der Waals surface area (Å²) in [4.78, 5) is 18.1. The van der Waals surface area contributed by atoms with Crippen LogP contribution in [0.1, 0.15) is 6.42 Å². The van der Waals surface area contributed by atoms with E-state index in [1.807, 2.05) is 11.6 Å². The van der Waals surface area contributed by atoms with Crippen molar-refractivity contribution in [3.8, 4) is 0 Å². The minimum atomic E-state index is -3.62. The molecule has 0 saturated carbocycles. The Morgan fingerprint density at radius 1 is 1.62 bits per heavy atom. The number of hydrogen-bond donors (Lipinski definition) is 0. The molecule has 3 rings (SSSR count). The molecule has 3 heterocycles. The minimum absolute atomic E-state index is 0.0844. The molecular formula is C14H18N3O5S2+. The number of aliphatic imine (C=N–C) groups is 1. The Kier molecular flexibility index (Phi) is 4.56. The maximum atomic E-state index is 12.4. The van der Waals surface area contributed by atoms with Crippen LogP contribution in [0.4, 0.5) is 4.79 Å². The summed E-state index contributed by atoms with van der Waals surface area (Å²) in [6, 6.07) is 0. The molecule has 0 N–H and O–H groups in total. The molecule has 0 aliphatic carbocycles. The molecule has 1 unspecified atom stereocenters. The first-order valence-electron chi connectivity index (χ1n) is 7.26. The van der Waals surface area contributed by atoms with E-state index < -0.39 is 22.3 Å². The largest absolute Gasteiger partial charge is 0.445 e. The van der Waals surface area contributed by atoms with Gasteiger partial charge in [0.05, 0.1) is 19.2 Å². The van der Waals surface area contributed by atoms with Gasteiger partial charge in [-0.2, -0.15) is 12.9 Å². The van der Waals surface area contributed by atoms with E-state index in [1.165, 1.54) is 22.7 Å². The highest BCUT2D eigenvalue weighted by atomic mass is 32.2. The lowest BCUT2D eigenvalue weighted by Gasteiger charge is -2.35. The van der Waals surface area contributed by atoms with E-state index in [-0.39, 0.29) is 23.8 Å². The lowest BCUT2D eigenvalue weighted by atomic mass is 10.2. The van der Waals surface area contributed by atoms with Gasteiger partial charge in [-0.3, -0.25) is 9.08 Å². The zero-order valence-electron chi connectivity index (χ0n) is 13.1. The van der Waals surface area contributed by atoms with Gasteiger partial charge in [0.25, 0.3) is 10.1 Å². The molecule has 0 spiro atoms. The number of likely N-dealkylation sites (tertiary alicyclic amines) is 1. The first-order valence-corrected chi connectivity index (χ1v) is 9.95. The second-order valence-electron chi connectivity index (χ2n) is 5.63. The van der Waals surface area contributed by atoms with Crippen LogP contribution in [0.15, 0.2) is 40.5 Å². The Balaban J connectivity index is 1.87. The van der Waals surface area contributed by atoms with Crippen LogP contribution in [0.2, 0.25) is 0 Å². The molecule has 130 valence electrons. The van der Waals surface area contributed by atoms with Crippen LogP contribution in [-0.2, 0) is 19.0 Å². The van der Waals surface area contributed by atoms with E-state index >= 15 is 0 Å². The first-order chi connectivity index (χ1) is 11.4. The normalized spacial score (nSPS) is 31.2. The Morgan fingerprint density at radius 2 is 2.42 bits per heavy atom. The van der Waals surface area contributed by atoms with Gasteiger partial charge in [0.15, 0.2) is 6.17 Å². The molecule has 1 amide bonds. The predicted octanol–water partition coefficient (Wildman–Crippen LogP) is 1.56. The van der Waals surface area contributed by atoms with Gasteiger partial charge in [0, 0.05) is 5.41 Å². The summed E-state index contributed by atoms with van der Waals surface area (Å²) in [5.41, 5.74) is 0. The molecule has 0 aromatic heterocycles. The first kappa shape index (κ1) is 17.2. The van der Waals surface area contributed by atoms with Crippen molar-refractivity contribution in [1.82, 2.24) is 4.90 Å². The molecule has 1 saturated heterocycles. The summed E-state index contributed by atoms with van der Waals surface area (Å²) in [6.45, 7) is 3.74. The summed E-state index contributed by atoms with van der Waals surface area (Å²) in [7, 11) is -3.62. The average Bonchev–Trinajstić information content (AvgIpc) is 3.15. The zero-order chi connectivity index (χ0) is 17.4. The summed E-state index contributed by atoms with van der Waals surface area (Å²) >= 11 is 1.52. The maximum Gasteiger partial charge on any atom is 0.414 e. The van der Waals surface area contributed by atoms with Crippen LogP contribution in [-0.4, -0.2) is 61.9 Å². The van der Waals surface area contributed by atoms with E-state index in [2.05, 4.69) is 11.6 Å². The molecule has 1 fully saturated rings. The van der Waals surface area contributed by atoms with Crippen molar-refractivity contribution in [2.24, 2.45) is 4.99 Å². The number of quaternary nitrogens is 1. The van der Waals surface area contributed by atoms with Gasteiger partial charge in [-0.25, -0.2) is 9.79 Å². The van der Waals surface area contributed by atoms with Gasteiger partial charge in [-0.1, -0.05) is 12.7 Å². The molecule has 0 radical (unpaired) electrons. The van der Waals surface area contributed by atoms with E-state index in [1.54, 1.807) is 12.5 Å². The molecule has 3 atom stereocenters. The third-order valence-electron chi connectivity index (χ3n) is 3.92. The highest BCUT2D eigenvalue weighted by Crippen LogP contribution is 2.44. The van der Waals surface area contributed by atoms with Crippen molar-refractivity contribution >= 4 is 34.3 Å². The van der Waals surface area contributed by atoms with Crippen LogP contribution in [0.25, 0.3) is 0 Å². The summed E-state index contributed by atoms with van der Waals surface area (Å²) in [5, 5.41) is 2.87. The quantitative estimate of drug-likeness (QED) is 0.414. The molecule has 8 nitrogen and oxygen atoms in total. The van der Waals surface area contributed by atoms with Crippen molar-refractivity contribution in [3.05, 3.63) is 35.5 Å². The van der Waals surface area contributed by atoms with Crippen LogP contribution in [0, 0.1) is 0 Å². The van der Waals surface area contributed by atoms with Crippen molar-refractivity contribution in [2.75, 3.05) is 19.4 Å². The minimum Gasteiger partial charge on any atom is -0.445 e. The number of carbonyl (C=O) groups excluding carboxylic acids is 1. The molecule has 0 aromatic rings. The highest BCUT2D eigenvalue weighted by Gasteiger charge is 2.54. The van der Waals surface area contributed by atoms with Crippen LogP contribution < -0.4 is 0 Å². The smallest absolute Gasteiger partial charge is 0.414 e. The molecule has 0 aromatic carbocycles. The fourth-order valence-corrected chi connectivity index (χ4v) is 4.60. The standard InChI is InChI=1S/C14H18N3O5S2/c1-3-5-21-14(18)16-9-11(22-24(2,19)20)7-12(16)17-4-6-23-13(17)8-15-10-17/h3-4,6,8,10-12H,1,5,7,9H2,2H3/q+1/t11-,12+,17?/m1/s1. The van der Waals surface area contributed by atoms with Gasteiger partial charge in [0.1, 0.15) is 25.1 Å².